The number of carboxylic acid groups (broad SMARTS) is 1. The first-order valence-electron chi connectivity index (χ1n) is 5.77. The summed E-state index contributed by atoms with van der Waals surface area (Å²) in [5, 5.41) is 9.22. The number of thioether (sulfide) groups is 1. The van der Waals surface area contributed by atoms with Crippen LogP contribution in [0.2, 0.25) is 0 Å². The van der Waals surface area contributed by atoms with E-state index in [2.05, 4.69) is 4.98 Å². The molecule has 1 aromatic carbocycles. The van der Waals surface area contributed by atoms with Gasteiger partial charge < -0.3 is 5.11 Å². The molecule has 5 heteroatoms. The highest BCUT2D eigenvalue weighted by Crippen LogP contribution is 2.35. The highest BCUT2D eigenvalue weighted by molar-refractivity contribution is 8.01. The molecule has 0 amide bonds. The van der Waals surface area contributed by atoms with Gasteiger partial charge in [-0.25, -0.2) is 4.98 Å². The summed E-state index contributed by atoms with van der Waals surface area (Å²) < 4.78 is 2.09. The number of thiazole rings is 1. The number of hydrogen-bond donors (Lipinski definition) is 1. The molecule has 0 aliphatic rings. The van der Waals surface area contributed by atoms with Gasteiger partial charge in [-0.1, -0.05) is 30.8 Å². The molecule has 96 valence electrons. The maximum atomic E-state index is 11.2. The van der Waals surface area contributed by atoms with E-state index in [1.807, 2.05) is 31.2 Å². The van der Waals surface area contributed by atoms with Crippen LogP contribution in [0.3, 0.4) is 0 Å². The molecule has 0 radical (unpaired) electrons. The largest absolute Gasteiger partial charge is 0.481 e. The van der Waals surface area contributed by atoms with Crippen LogP contribution in [0, 0.1) is 5.41 Å². The van der Waals surface area contributed by atoms with Crippen molar-refractivity contribution < 1.29 is 9.90 Å². The maximum Gasteiger partial charge on any atom is 0.310 e. The van der Waals surface area contributed by atoms with Crippen molar-refractivity contribution in [3.8, 4) is 0 Å². The lowest BCUT2D eigenvalue weighted by Gasteiger charge is -2.21. The summed E-state index contributed by atoms with van der Waals surface area (Å²) in [7, 11) is 0. The minimum absolute atomic E-state index is 0.554. The molecule has 0 aliphatic carbocycles. The van der Waals surface area contributed by atoms with Gasteiger partial charge in [0.25, 0.3) is 0 Å². The molecule has 1 unspecified atom stereocenters. The van der Waals surface area contributed by atoms with Gasteiger partial charge in [-0.3, -0.25) is 4.79 Å². The van der Waals surface area contributed by atoms with E-state index in [0.29, 0.717) is 12.2 Å². The van der Waals surface area contributed by atoms with Gasteiger partial charge in [-0.15, -0.1) is 11.3 Å². The minimum atomic E-state index is -0.737. The number of hydrogen-bond acceptors (Lipinski definition) is 4. The molecule has 2 rings (SSSR count). The zero-order valence-corrected chi connectivity index (χ0v) is 12.0. The van der Waals surface area contributed by atoms with Crippen molar-refractivity contribution >= 4 is 39.3 Å². The molecule has 2 aromatic rings. The SMILES string of the molecule is CCC(C)(CSc1nc2ccccc2s1)C(=O)O. The Morgan fingerprint density at radius 2 is 2.22 bits per heavy atom. The molecule has 0 saturated carbocycles. The third-order valence-electron chi connectivity index (χ3n) is 3.09. The molecule has 18 heavy (non-hydrogen) atoms. The van der Waals surface area contributed by atoms with Gasteiger partial charge in [0.05, 0.1) is 15.6 Å². The van der Waals surface area contributed by atoms with Crippen molar-refractivity contribution in [3.05, 3.63) is 24.3 Å². The third kappa shape index (κ3) is 2.67. The predicted octanol–water partition coefficient (Wildman–Crippen LogP) is 3.89. The Bertz CT molecular complexity index is 534. The van der Waals surface area contributed by atoms with Crippen LogP contribution in [-0.2, 0) is 4.79 Å². The molecular formula is C13H15NO2S2. The number of fused-ring (bicyclic) bond motifs is 1. The Hall–Kier alpha value is -1.07. The first-order valence-corrected chi connectivity index (χ1v) is 7.57. The maximum absolute atomic E-state index is 11.2. The molecule has 1 atom stereocenters. The Labute approximate surface area is 114 Å². The van der Waals surface area contributed by atoms with Gasteiger partial charge in [0.1, 0.15) is 0 Å². The zero-order chi connectivity index (χ0) is 13.2. The fourth-order valence-corrected chi connectivity index (χ4v) is 3.76. The zero-order valence-electron chi connectivity index (χ0n) is 10.3. The summed E-state index contributed by atoms with van der Waals surface area (Å²) in [4.78, 5) is 15.7. The van der Waals surface area contributed by atoms with Gasteiger partial charge >= 0.3 is 5.97 Å². The minimum Gasteiger partial charge on any atom is -0.481 e. The van der Waals surface area contributed by atoms with E-state index in [-0.39, 0.29) is 0 Å². The number of carbonyl (C=O) groups is 1. The molecule has 1 aromatic heterocycles. The van der Waals surface area contributed by atoms with Crippen molar-refractivity contribution in [1.82, 2.24) is 4.98 Å². The van der Waals surface area contributed by atoms with Crippen LogP contribution in [-0.4, -0.2) is 21.8 Å². The lowest BCUT2D eigenvalue weighted by atomic mass is 9.90. The highest BCUT2D eigenvalue weighted by atomic mass is 32.2. The lowest BCUT2D eigenvalue weighted by Crippen LogP contribution is -2.29. The third-order valence-corrected chi connectivity index (χ3v) is 5.64. The van der Waals surface area contributed by atoms with Crippen molar-refractivity contribution in [2.75, 3.05) is 5.75 Å². The van der Waals surface area contributed by atoms with Gasteiger partial charge in [0, 0.05) is 5.75 Å². The van der Waals surface area contributed by atoms with E-state index < -0.39 is 11.4 Å². The van der Waals surface area contributed by atoms with Crippen molar-refractivity contribution in [2.24, 2.45) is 5.41 Å². The molecule has 0 aliphatic heterocycles. The average Bonchev–Trinajstić information content (AvgIpc) is 2.78. The Morgan fingerprint density at radius 3 is 2.83 bits per heavy atom. The number of carboxylic acids is 1. The van der Waals surface area contributed by atoms with Crippen LogP contribution in [0.15, 0.2) is 28.6 Å². The Morgan fingerprint density at radius 1 is 1.50 bits per heavy atom. The molecule has 1 heterocycles. The summed E-state index contributed by atoms with van der Waals surface area (Å²) in [6.07, 6.45) is 0.625. The number of nitrogens with zero attached hydrogens (tertiary/aromatic N) is 1. The molecular weight excluding hydrogens is 266 g/mol. The number of aliphatic carboxylic acids is 1. The summed E-state index contributed by atoms with van der Waals surface area (Å²) in [6, 6.07) is 7.96. The Balaban J connectivity index is 2.12. The van der Waals surface area contributed by atoms with E-state index >= 15 is 0 Å². The van der Waals surface area contributed by atoms with Gasteiger partial charge in [0.15, 0.2) is 4.34 Å². The van der Waals surface area contributed by atoms with Crippen LogP contribution >= 0.6 is 23.1 Å². The summed E-state index contributed by atoms with van der Waals surface area (Å²) in [6.45, 7) is 3.70. The second-order valence-corrected chi connectivity index (χ2v) is 6.71. The molecule has 0 fully saturated rings. The summed E-state index contributed by atoms with van der Waals surface area (Å²) in [5.74, 6) is -0.183. The number of aromatic nitrogens is 1. The van der Waals surface area contributed by atoms with Crippen LogP contribution in [0.1, 0.15) is 20.3 Å². The van der Waals surface area contributed by atoms with Gasteiger partial charge in [-0.05, 0) is 25.5 Å². The average molecular weight is 281 g/mol. The van der Waals surface area contributed by atoms with Crippen molar-refractivity contribution in [2.45, 2.75) is 24.6 Å². The second kappa shape index (κ2) is 5.28. The number of benzene rings is 1. The van der Waals surface area contributed by atoms with E-state index in [4.69, 9.17) is 0 Å². The second-order valence-electron chi connectivity index (χ2n) is 4.46. The predicted molar refractivity (Wildman–Crippen MR) is 76.4 cm³/mol. The van der Waals surface area contributed by atoms with Crippen LogP contribution in [0.25, 0.3) is 10.2 Å². The Kier molecular flexibility index (Phi) is 3.92. The fourth-order valence-electron chi connectivity index (χ4n) is 1.45. The number of para-hydroxylation sites is 1. The molecule has 0 saturated heterocycles. The summed E-state index contributed by atoms with van der Waals surface area (Å²) >= 11 is 3.15. The quantitative estimate of drug-likeness (QED) is 0.845. The topological polar surface area (TPSA) is 50.2 Å². The van der Waals surface area contributed by atoms with E-state index in [1.165, 1.54) is 11.8 Å². The van der Waals surface area contributed by atoms with E-state index in [1.54, 1.807) is 18.3 Å². The lowest BCUT2D eigenvalue weighted by molar-refractivity contribution is -0.146. The molecule has 3 nitrogen and oxygen atoms in total. The standard InChI is InChI=1S/C13H15NO2S2/c1-3-13(2,11(15)16)8-17-12-14-9-6-4-5-7-10(9)18-12/h4-7H,3,8H2,1-2H3,(H,15,16). The monoisotopic (exact) mass is 281 g/mol. The van der Waals surface area contributed by atoms with Gasteiger partial charge in [0.2, 0.25) is 0 Å². The van der Waals surface area contributed by atoms with Crippen LogP contribution < -0.4 is 0 Å². The first kappa shape index (κ1) is 13.4. The highest BCUT2D eigenvalue weighted by Gasteiger charge is 2.31. The molecule has 0 spiro atoms. The molecule has 1 N–H and O–H groups in total. The van der Waals surface area contributed by atoms with E-state index in [9.17, 15) is 9.90 Å². The van der Waals surface area contributed by atoms with Crippen molar-refractivity contribution in [3.63, 3.8) is 0 Å². The van der Waals surface area contributed by atoms with Crippen molar-refractivity contribution in [1.29, 1.82) is 0 Å². The smallest absolute Gasteiger partial charge is 0.310 e. The summed E-state index contributed by atoms with van der Waals surface area (Å²) in [5.41, 5.74) is 0.307. The van der Waals surface area contributed by atoms with Gasteiger partial charge in [-0.2, -0.15) is 0 Å². The fraction of sp³-hybridized carbons (Fsp3) is 0.385. The number of rotatable bonds is 5. The normalized spacial score (nSPS) is 14.6. The first-order chi connectivity index (χ1) is 8.55. The molecule has 0 bridgehead atoms. The van der Waals surface area contributed by atoms with E-state index in [0.717, 1.165) is 14.6 Å². The van der Waals surface area contributed by atoms with Crippen LogP contribution in [0.4, 0.5) is 0 Å². The van der Waals surface area contributed by atoms with Crippen LogP contribution in [0.5, 0.6) is 0 Å².